The molecule has 2 rings (SSSR count). The summed E-state index contributed by atoms with van der Waals surface area (Å²) in [6.07, 6.45) is 0. The zero-order valence-electron chi connectivity index (χ0n) is 9.74. The van der Waals surface area contributed by atoms with Crippen molar-refractivity contribution in [2.75, 3.05) is 5.32 Å². The van der Waals surface area contributed by atoms with Crippen LogP contribution in [-0.4, -0.2) is 10.1 Å². The highest BCUT2D eigenvalue weighted by atomic mass is 35.5. The summed E-state index contributed by atoms with van der Waals surface area (Å²) in [6, 6.07) is 8.73. The lowest BCUT2D eigenvalue weighted by Gasteiger charge is -2.09. The molecule has 0 atom stereocenters. The van der Waals surface area contributed by atoms with E-state index >= 15 is 0 Å². The topological polar surface area (TPSA) is 45.2 Å². The number of aromatic hydroxyl groups is 1. The molecule has 0 spiro atoms. The van der Waals surface area contributed by atoms with Gasteiger partial charge in [0.05, 0.1) is 16.4 Å². The molecule has 1 heterocycles. The van der Waals surface area contributed by atoms with E-state index in [9.17, 15) is 5.11 Å². The number of aryl methyl sites for hydroxylation is 1. The third kappa shape index (κ3) is 3.06. The Morgan fingerprint density at radius 1 is 1.22 bits per heavy atom. The molecule has 0 amide bonds. The van der Waals surface area contributed by atoms with Gasteiger partial charge in [-0.1, -0.05) is 29.3 Å². The van der Waals surface area contributed by atoms with Crippen LogP contribution in [0.1, 0.15) is 11.3 Å². The van der Waals surface area contributed by atoms with Crippen molar-refractivity contribution in [1.29, 1.82) is 0 Å². The Bertz CT molecular complexity index is 573. The number of hydrogen-bond acceptors (Lipinski definition) is 3. The zero-order valence-corrected chi connectivity index (χ0v) is 11.3. The normalized spacial score (nSPS) is 10.4. The van der Waals surface area contributed by atoms with Gasteiger partial charge in [0.1, 0.15) is 10.9 Å². The standard InChI is InChI=1S/C13H12Cl2N2O/c1-8-11(3-5-13(15)17-8)16-7-9-2-4-12(18)10(14)6-9/h2-6,16,18H,7H2,1H3. The Balaban J connectivity index is 2.09. The molecule has 94 valence electrons. The van der Waals surface area contributed by atoms with E-state index in [1.165, 1.54) is 0 Å². The van der Waals surface area contributed by atoms with Gasteiger partial charge in [0.25, 0.3) is 0 Å². The van der Waals surface area contributed by atoms with Crippen LogP contribution in [-0.2, 0) is 6.54 Å². The predicted octanol–water partition coefficient (Wildman–Crippen LogP) is 4.01. The van der Waals surface area contributed by atoms with E-state index in [1.807, 2.05) is 19.1 Å². The summed E-state index contributed by atoms with van der Waals surface area (Å²) in [7, 11) is 0. The molecule has 2 N–H and O–H groups in total. The molecule has 1 aromatic carbocycles. The van der Waals surface area contributed by atoms with Crippen LogP contribution in [0.3, 0.4) is 0 Å². The lowest BCUT2D eigenvalue weighted by Crippen LogP contribution is -2.02. The van der Waals surface area contributed by atoms with Crippen LogP contribution in [0.4, 0.5) is 5.69 Å². The van der Waals surface area contributed by atoms with Gasteiger partial charge in [-0.3, -0.25) is 0 Å². The number of pyridine rings is 1. The predicted molar refractivity (Wildman–Crippen MR) is 74.4 cm³/mol. The van der Waals surface area contributed by atoms with Gasteiger partial charge >= 0.3 is 0 Å². The summed E-state index contributed by atoms with van der Waals surface area (Å²) in [6.45, 7) is 2.49. The van der Waals surface area contributed by atoms with Crippen molar-refractivity contribution in [2.45, 2.75) is 13.5 Å². The number of phenols is 1. The first-order chi connectivity index (χ1) is 8.56. The SMILES string of the molecule is Cc1nc(Cl)ccc1NCc1ccc(O)c(Cl)c1. The fourth-order valence-corrected chi connectivity index (χ4v) is 1.97. The van der Waals surface area contributed by atoms with Gasteiger partial charge in [0.15, 0.2) is 0 Å². The molecule has 3 nitrogen and oxygen atoms in total. The molecule has 0 radical (unpaired) electrons. The van der Waals surface area contributed by atoms with Crippen LogP contribution < -0.4 is 5.32 Å². The number of benzene rings is 1. The van der Waals surface area contributed by atoms with Crippen molar-refractivity contribution in [3.63, 3.8) is 0 Å². The number of anilines is 1. The quantitative estimate of drug-likeness (QED) is 0.836. The second-order valence-corrected chi connectivity index (χ2v) is 4.70. The van der Waals surface area contributed by atoms with Gasteiger partial charge in [-0.2, -0.15) is 0 Å². The smallest absolute Gasteiger partial charge is 0.134 e. The fourth-order valence-electron chi connectivity index (χ4n) is 1.57. The van der Waals surface area contributed by atoms with E-state index in [0.29, 0.717) is 16.7 Å². The highest BCUT2D eigenvalue weighted by molar-refractivity contribution is 6.32. The van der Waals surface area contributed by atoms with Crippen molar-refractivity contribution in [2.24, 2.45) is 0 Å². The van der Waals surface area contributed by atoms with Crippen molar-refractivity contribution in [1.82, 2.24) is 4.98 Å². The number of rotatable bonds is 3. The molecule has 0 aliphatic heterocycles. The molecular formula is C13H12Cl2N2O. The summed E-state index contributed by atoms with van der Waals surface area (Å²) < 4.78 is 0. The second kappa shape index (κ2) is 5.46. The van der Waals surface area contributed by atoms with Gasteiger partial charge < -0.3 is 10.4 Å². The summed E-state index contributed by atoms with van der Waals surface area (Å²) in [5.41, 5.74) is 2.74. The van der Waals surface area contributed by atoms with E-state index < -0.39 is 0 Å². The maximum atomic E-state index is 9.33. The number of nitrogens with one attached hydrogen (secondary N) is 1. The van der Waals surface area contributed by atoms with E-state index in [-0.39, 0.29) is 5.75 Å². The molecule has 0 saturated carbocycles. The lowest BCUT2D eigenvalue weighted by molar-refractivity contribution is 0.475. The molecule has 5 heteroatoms. The Labute approximate surface area is 115 Å². The summed E-state index contributed by atoms with van der Waals surface area (Å²) in [5.74, 6) is 0.0877. The zero-order chi connectivity index (χ0) is 13.1. The lowest BCUT2D eigenvalue weighted by atomic mass is 10.2. The summed E-state index contributed by atoms with van der Waals surface area (Å²) in [4.78, 5) is 4.15. The first kappa shape index (κ1) is 13.0. The number of halogens is 2. The van der Waals surface area contributed by atoms with Crippen LogP contribution in [0.15, 0.2) is 30.3 Å². The Kier molecular flexibility index (Phi) is 3.94. The molecule has 0 fully saturated rings. The van der Waals surface area contributed by atoms with Crippen LogP contribution in [0.25, 0.3) is 0 Å². The largest absolute Gasteiger partial charge is 0.506 e. The van der Waals surface area contributed by atoms with Gasteiger partial charge in [-0.05, 0) is 36.8 Å². The van der Waals surface area contributed by atoms with Crippen molar-refractivity contribution < 1.29 is 5.11 Å². The number of phenolic OH excluding ortho intramolecular Hbond substituents is 1. The summed E-state index contributed by atoms with van der Waals surface area (Å²) in [5, 5.41) is 13.4. The van der Waals surface area contributed by atoms with Gasteiger partial charge in [0, 0.05) is 6.54 Å². The molecule has 18 heavy (non-hydrogen) atoms. The minimum Gasteiger partial charge on any atom is -0.506 e. The highest BCUT2D eigenvalue weighted by Gasteiger charge is 2.02. The van der Waals surface area contributed by atoms with E-state index in [1.54, 1.807) is 18.2 Å². The second-order valence-electron chi connectivity index (χ2n) is 3.91. The third-order valence-electron chi connectivity index (χ3n) is 2.55. The first-order valence-corrected chi connectivity index (χ1v) is 6.16. The van der Waals surface area contributed by atoms with E-state index in [0.717, 1.165) is 16.9 Å². The summed E-state index contributed by atoms with van der Waals surface area (Å²) >= 11 is 11.6. The minimum absolute atomic E-state index is 0.0877. The molecule has 0 aliphatic rings. The minimum atomic E-state index is 0.0877. The number of hydrogen-bond donors (Lipinski definition) is 2. The maximum Gasteiger partial charge on any atom is 0.134 e. The van der Waals surface area contributed by atoms with Crippen molar-refractivity contribution >= 4 is 28.9 Å². The molecule has 1 aromatic heterocycles. The van der Waals surface area contributed by atoms with E-state index in [2.05, 4.69) is 10.3 Å². The van der Waals surface area contributed by atoms with Gasteiger partial charge in [0.2, 0.25) is 0 Å². The average molecular weight is 283 g/mol. The number of aromatic nitrogens is 1. The Morgan fingerprint density at radius 2 is 2.00 bits per heavy atom. The van der Waals surface area contributed by atoms with Crippen LogP contribution in [0.2, 0.25) is 10.2 Å². The molecule has 0 unspecified atom stereocenters. The molecular weight excluding hydrogens is 271 g/mol. The van der Waals surface area contributed by atoms with E-state index in [4.69, 9.17) is 23.2 Å². The van der Waals surface area contributed by atoms with Crippen LogP contribution in [0.5, 0.6) is 5.75 Å². The average Bonchev–Trinajstić information content (AvgIpc) is 2.32. The fraction of sp³-hybridized carbons (Fsp3) is 0.154. The Hall–Kier alpha value is -1.45. The first-order valence-electron chi connectivity index (χ1n) is 5.40. The highest BCUT2D eigenvalue weighted by Crippen LogP contribution is 2.24. The molecule has 0 aliphatic carbocycles. The Morgan fingerprint density at radius 3 is 2.67 bits per heavy atom. The van der Waals surface area contributed by atoms with Crippen LogP contribution >= 0.6 is 23.2 Å². The maximum absolute atomic E-state index is 9.33. The molecule has 0 bridgehead atoms. The number of nitrogens with zero attached hydrogens (tertiary/aromatic N) is 1. The van der Waals surface area contributed by atoms with Crippen molar-refractivity contribution in [3.05, 3.63) is 51.8 Å². The van der Waals surface area contributed by atoms with Gasteiger partial charge in [-0.15, -0.1) is 0 Å². The third-order valence-corrected chi connectivity index (χ3v) is 3.06. The monoisotopic (exact) mass is 282 g/mol. The van der Waals surface area contributed by atoms with Crippen LogP contribution in [0, 0.1) is 6.92 Å². The van der Waals surface area contributed by atoms with Gasteiger partial charge in [-0.25, -0.2) is 4.98 Å². The van der Waals surface area contributed by atoms with Crippen molar-refractivity contribution in [3.8, 4) is 5.75 Å². The molecule has 2 aromatic rings. The molecule has 0 saturated heterocycles.